The lowest BCUT2D eigenvalue weighted by molar-refractivity contribution is -0.160. The van der Waals surface area contributed by atoms with E-state index in [0.717, 1.165) is 24.2 Å². The van der Waals surface area contributed by atoms with Crippen LogP contribution in [0.15, 0.2) is 24.3 Å². The van der Waals surface area contributed by atoms with Gasteiger partial charge >= 0.3 is 0 Å². The lowest BCUT2D eigenvalue weighted by atomic mass is 9.96. The van der Waals surface area contributed by atoms with E-state index in [1.54, 1.807) is 16.9 Å². The summed E-state index contributed by atoms with van der Waals surface area (Å²) in [5, 5.41) is 9.80. The van der Waals surface area contributed by atoms with Gasteiger partial charge in [-0.2, -0.15) is 0 Å². The average molecular weight is 332 g/mol. The summed E-state index contributed by atoms with van der Waals surface area (Å²) in [5.74, 6) is 0.803. The first-order valence-corrected chi connectivity index (χ1v) is 8.48. The van der Waals surface area contributed by atoms with Gasteiger partial charge in [-0.1, -0.05) is 18.2 Å². The van der Waals surface area contributed by atoms with Gasteiger partial charge in [-0.15, -0.1) is 0 Å². The maximum absolute atomic E-state index is 12.6. The summed E-state index contributed by atoms with van der Waals surface area (Å²) in [6, 6.07) is 7.35. The van der Waals surface area contributed by atoms with Crippen molar-refractivity contribution in [1.82, 2.24) is 9.80 Å². The molecule has 0 aliphatic carbocycles. The van der Waals surface area contributed by atoms with Crippen molar-refractivity contribution in [3.63, 3.8) is 0 Å². The van der Waals surface area contributed by atoms with Crippen molar-refractivity contribution in [3.8, 4) is 5.75 Å². The van der Waals surface area contributed by atoms with Crippen LogP contribution in [0.3, 0.4) is 0 Å². The van der Waals surface area contributed by atoms with Crippen LogP contribution in [-0.4, -0.2) is 65.6 Å². The maximum atomic E-state index is 12.6. The molecule has 0 spiro atoms. The van der Waals surface area contributed by atoms with E-state index >= 15 is 0 Å². The fourth-order valence-electron chi connectivity index (χ4n) is 3.58. The van der Waals surface area contributed by atoms with Crippen molar-refractivity contribution >= 4 is 11.8 Å². The highest BCUT2D eigenvalue weighted by molar-refractivity contribution is 5.95. The van der Waals surface area contributed by atoms with E-state index in [1.807, 2.05) is 24.3 Å². The quantitative estimate of drug-likeness (QED) is 0.867. The highest BCUT2D eigenvalue weighted by Gasteiger charge is 2.42. The predicted molar refractivity (Wildman–Crippen MR) is 88.6 cm³/mol. The molecule has 2 heterocycles. The largest absolute Gasteiger partial charge is 0.496 e. The van der Waals surface area contributed by atoms with Crippen LogP contribution >= 0.6 is 0 Å². The van der Waals surface area contributed by atoms with E-state index in [-0.39, 0.29) is 18.4 Å². The van der Waals surface area contributed by atoms with Crippen molar-refractivity contribution in [2.24, 2.45) is 0 Å². The molecule has 24 heavy (non-hydrogen) atoms. The number of piperazine rings is 1. The van der Waals surface area contributed by atoms with Crippen molar-refractivity contribution in [1.29, 1.82) is 0 Å². The number of methoxy groups -OCH3 is 1. The lowest BCUT2D eigenvalue weighted by Crippen LogP contribution is -2.62. The zero-order valence-electron chi connectivity index (χ0n) is 14.0. The second kappa shape index (κ2) is 7.21. The zero-order chi connectivity index (χ0) is 17.1. The first-order valence-electron chi connectivity index (χ1n) is 8.48. The molecule has 130 valence electrons. The molecule has 3 rings (SSSR count). The number of carbonyl (C=O) groups is 2. The number of ether oxygens (including phenoxy) is 1. The molecule has 2 atom stereocenters. The van der Waals surface area contributed by atoms with Gasteiger partial charge in [0, 0.05) is 19.5 Å². The standard InChI is InChI=1S/C18H24N2O4/c1-24-16-7-3-2-5-13(16)6-4-9-19-12-17(22)20-10-8-14(21)11-15(20)18(19)23/h2-3,5,7,14-15,21H,4,6,8-12H2,1H3/t14-,15+/m1/s1. The number of benzene rings is 1. The van der Waals surface area contributed by atoms with Crippen LogP contribution in [0, 0.1) is 0 Å². The Morgan fingerprint density at radius 2 is 2.08 bits per heavy atom. The number of rotatable bonds is 5. The summed E-state index contributed by atoms with van der Waals surface area (Å²) < 4.78 is 5.34. The molecular weight excluding hydrogens is 308 g/mol. The number of para-hydroxylation sites is 1. The number of fused-ring (bicyclic) bond motifs is 1. The summed E-state index contributed by atoms with van der Waals surface area (Å²) in [6.45, 7) is 1.17. The molecule has 1 N–H and O–H groups in total. The molecule has 0 radical (unpaired) electrons. The molecule has 2 saturated heterocycles. The summed E-state index contributed by atoms with van der Waals surface area (Å²) in [5.41, 5.74) is 1.10. The third kappa shape index (κ3) is 3.38. The van der Waals surface area contributed by atoms with Crippen LogP contribution in [0.1, 0.15) is 24.8 Å². The second-order valence-corrected chi connectivity index (χ2v) is 6.46. The average Bonchev–Trinajstić information content (AvgIpc) is 2.59. The Bertz CT molecular complexity index is 619. The number of carbonyl (C=O) groups excluding carboxylic acids is 2. The molecular formula is C18H24N2O4. The smallest absolute Gasteiger partial charge is 0.245 e. The van der Waals surface area contributed by atoms with Gasteiger partial charge in [0.05, 0.1) is 19.8 Å². The first kappa shape index (κ1) is 16.8. The van der Waals surface area contributed by atoms with Crippen molar-refractivity contribution in [3.05, 3.63) is 29.8 Å². The molecule has 6 nitrogen and oxygen atoms in total. The Kier molecular flexibility index (Phi) is 5.04. The molecule has 0 unspecified atom stereocenters. The molecule has 2 amide bonds. The van der Waals surface area contributed by atoms with Gasteiger partial charge in [0.2, 0.25) is 11.8 Å². The predicted octanol–water partition coefficient (Wildman–Crippen LogP) is 0.822. The summed E-state index contributed by atoms with van der Waals surface area (Å²) >= 11 is 0. The zero-order valence-corrected chi connectivity index (χ0v) is 14.0. The number of amides is 2. The summed E-state index contributed by atoms with van der Waals surface area (Å²) in [6.07, 6.45) is 1.99. The normalized spacial score (nSPS) is 24.1. The van der Waals surface area contributed by atoms with E-state index in [0.29, 0.717) is 25.9 Å². The van der Waals surface area contributed by atoms with Crippen LogP contribution in [0.5, 0.6) is 5.75 Å². The van der Waals surface area contributed by atoms with Crippen LogP contribution in [-0.2, 0) is 16.0 Å². The highest BCUT2D eigenvalue weighted by Crippen LogP contribution is 2.24. The van der Waals surface area contributed by atoms with Crippen molar-refractivity contribution in [2.45, 2.75) is 37.8 Å². The molecule has 2 aliphatic heterocycles. The fraction of sp³-hybridized carbons (Fsp3) is 0.556. The Balaban J connectivity index is 1.59. The Hall–Kier alpha value is -2.08. The van der Waals surface area contributed by atoms with Gasteiger partial charge in [-0.3, -0.25) is 9.59 Å². The van der Waals surface area contributed by atoms with Crippen LogP contribution < -0.4 is 4.74 Å². The van der Waals surface area contributed by atoms with Crippen LogP contribution in [0.4, 0.5) is 0 Å². The minimum atomic E-state index is -0.489. The minimum absolute atomic E-state index is 0.0104. The Morgan fingerprint density at radius 3 is 2.88 bits per heavy atom. The molecule has 2 aliphatic rings. The number of nitrogens with zero attached hydrogens (tertiary/aromatic N) is 2. The Labute approximate surface area is 142 Å². The van der Waals surface area contributed by atoms with E-state index in [2.05, 4.69) is 0 Å². The molecule has 0 saturated carbocycles. The fourth-order valence-corrected chi connectivity index (χ4v) is 3.58. The molecule has 0 aromatic heterocycles. The third-order valence-corrected chi connectivity index (χ3v) is 4.88. The summed E-state index contributed by atoms with van der Waals surface area (Å²) in [4.78, 5) is 28.1. The van der Waals surface area contributed by atoms with E-state index in [9.17, 15) is 14.7 Å². The molecule has 1 aromatic carbocycles. The van der Waals surface area contributed by atoms with Crippen molar-refractivity contribution < 1.29 is 19.4 Å². The number of aliphatic hydroxyl groups is 1. The molecule has 6 heteroatoms. The van der Waals surface area contributed by atoms with Gasteiger partial charge in [0.15, 0.2) is 0 Å². The maximum Gasteiger partial charge on any atom is 0.245 e. The van der Waals surface area contributed by atoms with Gasteiger partial charge in [-0.25, -0.2) is 0 Å². The van der Waals surface area contributed by atoms with Crippen LogP contribution in [0.25, 0.3) is 0 Å². The van der Waals surface area contributed by atoms with Crippen molar-refractivity contribution in [2.75, 3.05) is 26.7 Å². The van der Waals surface area contributed by atoms with E-state index in [1.165, 1.54) is 0 Å². The SMILES string of the molecule is COc1ccccc1CCCN1CC(=O)N2CC[C@@H](O)C[C@H]2C1=O. The number of hydrogen-bond acceptors (Lipinski definition) is 4. The van der Waals surface area contributed by atoms with E-state index in [4.69, 9.17) is 4.74 Å². The number of hydrogen-bond donors (Lipinski definition) is 1. The number of aliphatic hydroxyl groups excluding tert-OH is 1. The Morgan fingerprint density at radius 1 is 1.29 bits per heavy atom. The number of piperidine rings is 1. The highest BCUT2D eigenvalue weighted by atomic mass is 16.5. The second-order valence-electron chi connectivity index (χ2n) is 6.46. The molecule has 1 aromatic rings. The van der Waals surface area contributed by atoms with Gasteiger partial charge in [0.25, 0.3) is 0 Å². The number of aryl methyl sites for hydroxylation is 1. The van der Waals surface area contributed by atoms with Gasteiger partial charge < -0.3 is 19.6 Å². The van der Waals surface area contributed by atoms with Gasteiger partial charge in [-0.05, 0) is 30.9 Å². The van der Waals surface area contributed by atoms with Crippen LogP contribution in [0.2, 0.25) is 0 Å². The minimum Gasteiger partial charge on any atom is -0.496 e. The van der Waals surface area contributed by atoms with Gasteiger partial charge in [0.1, 0.15) is 11.8 Å². The lowest BCUT2D eigenvalue weighted by Gasteiger charge is -2.44. The monoisotopic (exact) mass is 332 g/mol. The third-order valence-electron chi connectivity index (χ3n) is 4.88. The topological polar surface area (TPSA) is 70.1 Å². The summed E-state index contributed by atoms with van der Waals surface area (Å²) in [7, 11) is 1.65. The molecule has 0 bridgehead atoms. The molecule has 2 fully saturated rings. The van der Waals surface area contributed by atoms with E-state index < -0.39 is 12.1 Å². The first-order chi connectivity index (χ1) is 11.6.